The zero-order valence-electron chi connectivity index (χ0n) is 14.9. The second kappa shape index (κ2) is 8.30. The van der Waals surface area contributed by atoms with Crippen LogP contribution in [0.4, 0.5) is 0 Å². The lowest BCUT2D eigenvalue weighted by atomic mass is 10.1. The number of aromatic nitrogens is 1. The summed E-state index contributed by atoms with van der Waals surface area (Å²) in [5, 5.41) is 2.99. The van der Waals surface area contributed by atoms with Gasteiger partial charge in [-0.25, -0.2) is 4.79 Å². The van der Waals surface area contributed by atoms with Gasteiger partial charge in [-0.15, -0.1) is 0 Å². The molecule has 24 heavy (non-hydrogen) atoms. The van der Waals surface area contributed by atoms with Gasteiger partial charge < -0.3 is 19.8 Å². The van der Waals surface area contributed by atoms with Gasteiger partial charge in [0.05, 0.1) is 25.4 Å². The third-order valence-corrected chi connectivity index (χ3v) is 4.16. The number of rotatable bonds is 6. The second-order valence-electron chi connectivity index (χ2n) is 6.13. The van der Waals surface area contributed by atoms with Gasteiger partial charge in [0, 0.05) is 31.4 Å². The molecule has 1 aliphatic rings. The molecule has 0 unspecified atom stereocenters. The summed E-state index contributed by atoms with van der Waals surface area (Å²) in [4.78, 5) is 29.8. The molecule has 1 fully saturated rings. The Morgan fingerprint density at radius 3 is 2.62 bits per heavy atom. The number of aryl methyl sites for hydroxylation is 1. The van der Waals surface area contributed by atoms with Crippen molar-refractivity contribution in [1.82, 2.24) is 15.2 Å². The average molecular weight is 337 g/mol. The summed E-state index contributed by atoms with van der Waals surface area (Å²) < 4.78 is 10.4. The summed E-state index contributed by atoms with van der Waals surface area (Å²) in [7, 11) is 0. The normalized spacial score (nSPS) is 16.7. The van der Waals surface area contributed by atoms with Gasteiger partial charge in [-0.05, 0) is 33.3 Å². The van der Waals surface area contributed by atoms with E-state index in [0.29, 0.717) is 29.1 Å². The van der Waals surface area contributed by atoms with E-state index in [1.165, 1.54) is 0 Å². The molecule has 1 aromatic heterocycles. The van der Waals surface area contributed by atoms with Crippen LogP contribution in [0.3, 0.4) is 0 Å². The fourth-order valence-corrected chi connectivity index (χ4v) is 3.00. The first kappa shape index (κ1) is 18.5. The van der Waals surface area contributed by atoms with Crippen LogP contribution in [0.5, 0.6) is 0 Å². The average Bonchev–Trinajstić information content (AvgIpc) is 2.83. The van der Waals surface area contributed by atoms with Gasteiger partial charge in [-0.2, -0.15) is 0 Å². The van der Waals surface area contributed by atoms with Crippen molar-refractivity contribution in [3.8, 4) is 0 Å². The zero-order valence-corrected chi connectivity index (χ0v) is 14.9. The first-order valence-corrected chi connectivity index (χ1v) is 8.41. The lowest BCUT2D eigenvalue weighted by Crippen LogP contribution is -2.46. The standard InChI is InChI=1S/C17H27N3O4/c1-5-24-17(22)14-12(3)15(19-13(14)4)16(21)18-11(2)10-20-6-8-23-9-7-20/h11,19H,5-10H2,1-4H3,(H,18,21)/t11-/m1/s1. The predicted octanol–water partition coefficient (Wildman–Crippen LogP) is 1.26. The fourth-order valence-electron chi connectivity index (χ4n) is 3.00. The predicted molar refractivity (Wildman–Crippen MR) is 90.4 cm³/mol. The third kappa shape index (κ3) is 4.36. The molecule has 2 N–H and O–H groups in total. The summed E-state index contributed by atoms with van der Waals surface area (Å²) in [5.41, 5.74) is 2.14. The van der Waals surface area contributed by atoms with Gasteiger partial charge in [-0.1, -0.05) is 0 Å². The molecule has 2 rings (SSSR count). The van der Waals surface area contributed by atoms with E-state index >= 15 is 0 Å². The maximum Gasteiger partial charge on any atom is 0.340 e. The Kier molecular flexibility index (Phi) is 6.39. The summed E-state index contributed by atoms with van der Waals surface area (Å²) in [5.74, 6) is -0.601. The minimum absolute atomic E-state index is 0.00431. The topological polar surface area (TPSA) is 83.7 Å². The minimum Gasteiger partial charge on any atom is -0.462 e. The van der Waals surface area contributed by atoms with Crippen molar-refractivity contribution >= 4 is 11.9 Å². The summed E-state index contributed by atoms with van der Waals surface area (Å²) >= 11 is 0. The van der Waals surface area contributed by atoms with Crippen molar-refractivity contribution in [2.24, 2.45) is 0 Å². The second-order valence-corrected chi connectivity index (χ2v) is 6.13. The van der Waals surface area contributed by atoms with Crippen molar-refractivity contribution in [2.45, 2.75) is 33.7 Å². The summed E-state index contributed by atoms with van der Waals surface area (Å²) in [6.45, 7) is 11.6. The molecule has 0 aromatic carbocycles. The third-order valence-electron chi connectivity index (χ3n) is 4.16. The van der Waals surface area contributed by atoms with Crippen LogP contribution in [0.1, 0.15) is 46.0 Å². The van der Waals surface area contributed by atoms with E-state index in [1.807, 2.05) is 6.92 Å². The van der Waals surface area contributed by atoms with Crippen LogP contribution in [-0.4, -0.2) is 67.3 Å². The molecule has 0 aliphatic carbocycles. The Morgan fingerprint density at radius 2 is 2.00 bits per heavy atom. The molecule has 2 heterocycles. The maximum absolute atomic E-state index is 12.5. The number of esters is 1. The monoisotopic (exact) mass is 337 g/mol. The Bertz CT molecular complexity index is 591. The van der Waals surface area contributed by atoms with Gasteiger partial charge >= 0.3 is 5.97 Å². The molecule has 1 atom stereocenters. The first-order valence-electron chi connectivity index (χ1n) is 8.41. The van der Waals surface area contributed by atoms with Gasteiger partial charge in [0.2, 0.25) is 0 Å². The molecule has 7 nitrogen and oxygen atoms in total. The van der Waals surface area contributed by atoms with Crippen LogP contribution in [0.2, 0.25) is 0 Å². The largest absolute Gasteiger partial charge is 0.462 e. The Hall–Kier alpha value is -1.86. The van der Waals surface area contributed by atoms with Gasteiger partial charge in [-0.3, -0.25) is 9.69 Å². The van der Waals surface area contributed by atoms with E-state index in [4.69, 9.17) is 9.47 Å². The number of hydrogen-bond acceptors (Lipinski definition) is 5. The molecule has 1 aliphatic heterocycles. The highest BCUT2D eigenvalue weighted by Gasteiger charge is 2.24. The number of nitrogens with one attached hydrogen (secondary N) is 2. The number of carbonyl (C=O) groups excluding carboxylic acids is 2. The highest BCUT2D eigenvalue weighted by molar-refractivity contribution is 6.00. The molecular formula is C17H27N3O4. The number of ether oxygens (including phenoxy) is 2. The highest BCUT2D eigenvalue weighted by atomic mass is 16.5. The van der Waals surface area contributed by atoms with E-state index < -0.39 is 5.97 Å². The smallest absolute Gasteiger partial charge is 0.340 e. The van der Waals surface area contributed by atoms with E-state index in [-0.39, 0.29) is 11.9 Å². The summed E-state index contributed by atoms with van der Waals surface area (Å²) in [6.07, 6.45) is 0. The van der Waals surface area contributed by atoms with Crippen LogP contribution in [-0.2, 0) is 9.47 Å². The molecule has 1 saturated heterocycles. The molecular weight excluding hydrogens is 310 g/mol. The number of amides is 1. The maximum atomic E-state index is 12.5. The van der Waals surface area contributed by atoms with Gasteiger partial charge in [0.25, 0.3) is 5.91 Å². The van der Waals surface area contributed by atoms with Crippen molar-refractivity contribution < 1.29 is 19.1 Å². The van der Waals surface area contributed by atoms with E-state index in [9.17, 15) is 9.59 Å². The van der Waals surface area contributed by atoms with Crippen molar-refractivity contribution in [1.29, 1.82) is 0 Å². The Balaban J connectivity index is 2.01. The molecule has 0 spiro atoms. The van der Waals surface area contributed by atoms with Crippen molar-refractivity contribution in [3.63, 3.8) is 0 Å². The summed E-state index contributed by atoms with van der Waals surface area (Å²) in [6, 6.07) is 0.00431. The Labute approximate surface area is 142 Å². The number of carbonyl (C=O) groups is 2. The molecule has 0 radical (unpaired) electrons. The molecule has 1 aromatic rings. The molecule has 0 saturated carbocycles. The van der Waals surface area contributed by atoms with Crippen LogP contribution >= 0.6 is 0 Å². The van der Waals surface area contributed by atoms with Gasteiger partial charge in [0.1, 0.15) is 5.69 Å². The van der Waals surface area contributed by atoms with E-state index in [2.05, 4.69) is 15.2 Å². The number of H-pyrrole nitrogens is 1. The number of hydrogen-bond donors (Lipinski definition) is 2. The Morgan fingerprint density at radius 1 is 1.33 bits per heavy atom. The first-order chi connectivity index (χ1) is 11.4. The lowest BCUT2D eigenvalue weighted by molar-refractivity contribution is 0.0342. The fraction of sp³-hybridized carbons (Fsp3) is 0.647. The van der Waals surface area contributed by atoms with Crippen LogP contribution in [0.25, 0.3) is 0 Å². The highest BCUT2D eigenvalue weighted by Crippen LogP contribution is 2.19. The van der Waals surface area contributed by atoms with E-state index in [0.717, 1.165) is 32.8 Å². The quantitative estimate of drug-likeness (QED) is 0.764. The minimum atomic E-state index is -0.399. The van der Waals surface area contributed by atoms with Gasteiger partial charge in [0.15, 0.2) is 0 Å². The van der Waals surface area contributed by atoms with E-state index in [1.54, 1.807) is 20.8 Å². The molecule has 134 valence electrons. The number of nitrogens with zero attached hydrogens (tertiary/aromatic N) is 1. The van der Waals surface area contributed by atoms with Crippen LogP contribution < -0.4 is 5.32 Å². The van der Waals surface area contributed by atoms with Crippen LogP contribution in [0, 0.1) is 13.8 Å². The molecule has 1 amide bonds. The number of aromatic amines is 1. The molecule has 0 bridgehead atoms. The van der Waals surface area contributed by atoms with Crippen LogP contribution in [0.15, 0.2) is 0 Å². The number of morpholine rings is 1. The SMILES string of the molecule is CCOC(=O)c1c(C)[nH]c(C(=O)N[C@H](C)CN2CCOCC2)c1C. The van der Waals surface area contributed by atoms with Crippen molar-refractivity contribution in [3.05, 3.63) is 22.5 Å². The lowest BCUT2D eigenvalue weighted by Gasteiger charge is -2.29. The van der Waals surface area contributed by atoms with Crippen molar-refractivity contribution in [2.75, 3.05) is 39.5 Å². The zero-order chi connectivity index (χ0) is 17.7. The molecule has 7 heteroatoms.